The highest BCUT2D eigenvalue weighted by Crippen LogP contribution is 2.29. The Morgan fingerprint density at radius 1 is 1.12 bits per heavy atom. The fourth-order valence-corrected chi connectivity index (χ4v) is 4.10. The zero-order valence-corrected chi connectivity index (χ0v) is 16.0. The molecule has 6 nitrogen and oxygen atoms in total. The van der Waals surface area contributed by atoms with Gasteiger partial charge in [-0.25, -0.2) is 23.8 Å². The van der Waals surface area contributed by atoms with Gasteiger partial charge in [0.05, 0.1) is 16.4 Å². The number of aromatic nitrogens is 2. The van der Waals surface area contributed by atoms with Crippen molar-refractivity contribution >= 4 is 33.3 Å². The van der Waals surface area contributed by atoms with Crippen molar-refractivity contribution in [2.75, 3.05) is 5.43 Å². The van der Waals surface area contributed by atoms with Crippen molar-refractivity contribution in [1.29, 1.82) is 0 Å². The van der Waals surface area contributed by atoms with E-state index in [1.54, 1.807) is 68.1 Å². The van der Waals surface area contributed by atoms with Crippen LogP contribution in [0, 0.1) is 0 Å². The predicted molar refractivity (Wildman–Crippen MR) is 105 cm³/mol. The van der Waals surface area contributed by atoms with E-state index in [1.165, 1.54) is 0 Å². The van der Waals surface area contributed by atoms with Crippen LogP contribution in [0.25, 0.3) is 11.1 Å². The summed E-state index contributed by atoms with van der Waals surface area (Å²) >= 11 is 1.58. The van der Waals surface area contributed by atoms with Gasteiger partial charge in [-0.05, 0) is 31.4 Å². The number of hydrogen-bond acceptors (Lipinski definition) is 7. The molecule has 0 unspecified atom stereocenters. The van der Waals surface area contributed by atoms with Gasteiger partial charge in [-0.15, -0.1) is 11.3 Å². The molecule has 1 aromatic carbocycles. The Labute approximate surface area is 156 Å². The van der Waals surface area contributed by atoms with E-state index in [9.17, 15) is 8.42 Å². The first-order valence-electron chi connectivity index (χ1n) is 7.96. The second-order valence-corrected chi connectivity index (χ2v) is 9.22. The Morgan fingerprint density at radius 2 is 1.85 bits per heavy atom. The van der Waals surface area contributed by atoms with Gasteiger partial charge in [0, 0.05) is 28.4 Å². The number of sulfone groups is 1. The van der Waals surface area contributed by atoms with Crippen molar-refractivity contribution in [2.24, 2.45) is 5.10 Å². The second-order valence-electron chi connectivity index (χ2n) is 5.77. The number of hydrazone groups is 1. The summed E-state index contributed by atoms with van der Waals surface area (Å²) in [5.41, 5.74) is 3.99. The molecule has 0 radical (unpaired) electrons. The standard InChI is InChI=1S/C18H18N4O2S2/c1-13(2)26(23,24)17-8-4-3-7-16(17)14-10-19-18(20-11-14)22-21-12-15-6-5-9-25-15/h3-13H,1-2H3,(H,19,20,22)/b21-12+. The molecule has 0 fully saturated rings. The van der Waals surface area contributed by atoms with Crippen molar-refractivity contribution in [3.8, 4) is 11.1 Å². The first-order chi connectivity index (χ1) is 12.5. The largest absolute Gasteiger partial charge is 0.245 e. The zero-order chi connectivity index (χ0) is 18.6. The van der Waals surface area contributed by atoms with E-state index >= 15 is 0 Å². The lowest BCUT2D eigenvalue weighted by atomic mass is 10.1. The smallest absolute Gasteiger partial charge is 0.243 e. The normalized spacial score (nSPS) is 12.0. The SMILES string of the molecule is CC(C)S(=O)(=O)c1ccccc1-c1cnc(N/N=C/c2cccs2)nc1. The Kier molecular flexibility index (Phi) is 5.43. The van der Waals surface area contributed by atoms with Crippen molar-refractivity contribution < 1.29 is 8.42 Å². The van der Waals surface area contributed by atoms with Crippen LogP contribution < -0.4 is 5.43 Å². The maximum atomic E-state index is 12.6. The highest BCUT2D eigenvalue weighted by atomic mass is 32.2. The minimum Gasteiger partial charge on any atom is -0.245 e. The molecule has 0 aliphatic rings. The summed E-state index contributed by atoms with van der Waals surface area (Å²) in [6.45, 7) is 3.34. The molecule has 3 aromatic rings. The summed E-state index contributed by atoms with van der Waals surface area (Å²) < 4.78 is 25.2. The van der Waals surface area contributed by atoms with Crippen molar-refractivity contribution in [2.45, 2.75) is 24.0 Å². The van der Waals surface area contributed by atoms with Crippen LogP contribution >= 0.6 is 11.3 Å². The van der Waals surface area contributed by atoms with Gasteiger partial charge in [-0.3, -0.25) is 0 Å². The molecule has 0 aliphatic heterocycles. The molecular formula is C18H18N4O2S2. The Bertz CT molecular complexity index is 996. The number of benzene rings is 1. The first-order valence-corrected chi connectivity index (χ1v) is 10.4. The van der Waals surface area contributed by atoms with Gasteiger partial charge >= 0.3 is 0 Å². The molecule has 0 saturated heterocycles. The quantitative estimate of drug-likeness (QED) is 0.514. The zero-order valence-electron chi connectivity index (χ0n) is 14.3. The second kappa shape index (κ2) is 7.76. The van der Waals surface area contributed by atoms with Gasteiger partial charge in [0.1, 0.15) is 0 Å². The third kappa shape index (κ3) is 3.97. The monoisotopic (exact) mass is 386 g/mol. The van der Waals surface area contributed by atoms with Gasteiger partial charge in [-0.2, -0.15) is 5.10 Å². The fraction of sp³-hybridized carbons (Fsp3) is 0.167. The van der Waals surface area contributed by atoms with Gasteiger partial charge in [-0.1, -0.05) is 24.3 Å². The molecule has 26 heavy (non-hydrogen) atoms. The van der Waals surface area contributed by atoms with E-state index < -0.39 is 15.1 Å². The van der Waals surface area contributed by atoms with Crippen LogP contribution in [0.15, 0.2) is 64.2 Å². The predicted octanol–water partition coefficient (Wildman–Crippen LogP) is 3.83. The maximum absolute atomic E-state index is 12.6. The summed E-state index contributed by atoms with van der Waals surface area (Å²) in [7, 11) is -3.40. The Morgan fingerprint density at radius 3 is 2.50 bits per heavy atom. The van der Waals surface area contributed by atoms with Gasteiger partial charge in [0.15, 0.2) is 9.84 Å². The van der Waals surface area contributed by atoms with E-state index in [0.717, 1.165) is 4.88 Å². The first kappa shape index (κ1) is 18.2. The summed E-state index contributed by atoms with van der Waals surface area (Å²) in [6, 6.07) is 10.8. The highest BCUT2D eigenvalue weighted by molar-refractivity contribution is 7.92. The molecule has 1 N–H and O–H groups in total. The van der Waals surface area contributed by atoms with E-state index in [4.69, 9.17) is 0 Å². The summed E-state index contributed by atoms with van der Waals surface area (Å²) in [4.78, 5) is 9.73. The van der Waals surface area contributed by atoms with Crippen LogP contribution in [0.3, 0.4) is 0 Å². The number of rotatable bonds is 6. The fourth-order valence-electron chi connectivity index (χ4n) is 2.25. The van der Waals surface area contributed by atoms with Crippen LogP contribution in [-0.2, 0) is 9.84 Å². The molecular weight excluding hydrogens is 368 g/mol. The number of hydrogen-bond donors (Lipinski definition) is 1. The van der Waals surface area contributed by atoms with Crippen molar-refractivity contribution in [3.63, 3.8) is 0 Å². The average molecular weight is 387 g/mol. The molecule has 0 atom stereocenters. The van der Waals surface area contributed by atoms with E-state index in [-0.39, 0.29) is 4.90 Å². The average Bonchev–Trinajstić information content (AvgIpc) is 3.16. The van der Waals surface area contributed by atoms with Crippen LogP contribution in [0.5, 0.6) is 0 Å². The molecule has 2 heterocycles. The molecule has 0 spiro atoms. The van der Waals surface area contributed by atoms with Crippen LogP contribution in [-0.4, -0.2) is 29.9 Å². The number of nitrogens with one attached hydrogen (secondary N) is 1. The molecule has 0 saturated carbocycles. The molecule has 134 valence electrons. The van der Waals surface area contributed by atoms with Crippen LogP contribution in [0.4, 0.5) is 5.95 Å². The lowest BCUT2D eigenvalue weighted by Gasteiger charge is -2.12. The molecule has 8 heteroatoms. The minimum atomic E-state index is -3.40. The minimum absolute atomic E-state index is 0.287. The molecule has 0 aliphatic carbocycles. The Balaban J connectivity index is 1.83. The van der Waals surface area contributed by atoms with Crippen LogP contribution in [0.2, 0.25) is 0 Å². The van der Waals surface area contributed by atoms with Crippen LogP contribution in [0.1, 0.15) is 18.7 Å². The maximum Gasteiger partial charge on any atom is 0.243 e. The number of thiophene rings is 1. The Hall–Kier alpha value is -2.58. The summed E-state index contributed by atoms with van der Waals surface area (Å²) in [5.74, 6) is 0.339. The number of nitrogens with zero attached hydrogens (tertiary/aromatic N) is 3. The molecule has 0 bridgehead atoms. The van der Waals surface area contributed by atoms with Crippen molar-refractivity contribution in [3.05, 3.63) is 59.0 Å². The highest BCUT2D eigenvalue weighted by Gasteiger charge is 2.23. The van der Waals surface area contributed by atoms with Crippen molar-refractivity contribution in [1.82, 2.24) is 9.97 Å². The molecule has 0 amide bonds. The van der Waals surface area contributed by atoms with E-state index in [0.29, 0.717) is 17.1 Å². The molecule has 3 rings (SSSR count). The van der Waals surface area contributed by atoms with Gasteiger partial charge < -0.3 is 0 Å². The number of anilines is 1. The third-order valence-corrected chi connectivity index (χ3v) is 6.69. The van der Waals surface area contributed by atoms with Gasteiger partial charge in [0.2, 0.25) is 5.95 Å². The topological polar surface area (TPSA) is 84.3 Å². The lowest BCUT2D eigenvalue weighted by molar-refractivity contribution is 0.587. The van der Waals surface area contributed by atoms with E-state index in [2.05, 4.69) is 20.5 Å². The molecule has 2 aromatic heterocycles. The van der Waals surface area contributed by atoms with E-state index in [1.807, 2.05) is 17.5 Å². The summed E-state index contributed by atoms with van der Waals surface area (Å²) in [6.07, 6.45) is 4.86. The van der Waals surface area contributed by atoms with Gasteiger partial charge in [0.25, 0.3) is 0 Å². The third-order valence-electron chi connectivity index (χ3n) is 3.68. The lowest BCUT2D eigenvalue weighted by Crippen LogP contribution is -2.15. The summed E-state index contributed by atoms with van der Waals surface area (Å²) in [5, 5.41) is 5.55.